The Labute approximate surface area is 103 Å². The molecule has 0 amide bonds. The summed E-state index contributed by atoms with van der Waals surface area (Å²) < 4.78 is 37.8. The maximum atomic E-state index is 12.6. The summed E-state index contributed by atoms with van der Waals surface area (Å²) in [7, 11) is 0. The molecule has 0 spiro atoms. The van der Waals surface area contributed by atoms with Gasteiger partial charge >= 0.3 is 6.18 Å². The van der Waals surface area contributed by atoms with E-state index in [1.54, 1.807) is 11.8 Å². The average Bonchev–Trinajstić information content (AvgIpc) is 2.36. The molecule has 5 heteroatoms. The molecule has 1 aliphatic rings. The quantitative estimate of drug-likeness (QED) is 0.753. The Morgan fingerprint density at radius 2 is 2.00 bits per heavy atom. The second-order valence-corrected chi connectivity index (χ2v) is 6.45. The van der Waals surface area contributed by atoms with Crippen molar-refractivity contribution >= 4 is 17.4 Å². The number of halogens is 3. The van der Waals surface area contributed by atoms with Crippen LogP contribution in [0.1, 0.15) is 25.0 Å². The third-order valence-electron chi connectivity index (χ3n) is 2.76. The lowest BCUT2D eigenvalue weighted by molar-refractivity contribution is -0.137. The van der Waals surface area contributed by atoms with Crippen molar-refractivity contribution in [1.82, 2.24) is 0 Å². The highest BCUT2D eigenvalue weighted by Crippen LogP contribution is 2.37. The molecule has 0 atom stereocenters. The van der Waals surface area contributed by atoms with Gasteiger partial charge in [0.15, 0.2) is 0 Å². The molecule has 0 bridgehead atoms. The van der Waals surface area contributed by atoms with E-state index < -0.39 is 11.7 Å². The van der Waals surface area contributed by atoms with Crippen LogP contribution in [0.5, 0.6) is 0 Å². The minimum absolute atomic E-state index is 0.0391. The van der Waals surface area contributed by atoms with Gasteiger partial charge in [0.05, 0.1) is 5.56 Å². The van der Waals surface area contributed by atoms with Crippen LogP contribution in [-0.4, -0.2) is 11.3 Å². The first-order valence-electron chi connectivity index (χ1n) is 5.36. The van der Waals surface area contributed by atoms with Gasteiger partial charge in [0.1, 0.15) is 0 Å². The summed E-state index contributed by atoms with van der Waals surface area (Å²) in [5, 5.41) is 3.21. The molecule has 1 aliphatic heterocycles. The molecule has 1 N–H and O–H groups in total. The molecule has 0 aliphatic carbocycles. The van der Waals surface area contributed by atoms with Crippen LogP contribution in [0.4, 0.5) is 18.9 Å². The van der Waals surface area contributed by atoms with Crippen molar-refractivity contribution < 1.29 is 13.2 Å². The number of alkyl halides is 3. The zero-order chi connectivity index (χ0) is 12.7. The molecule has 0 aromatic heterocycles. The average molecular weight is 261 g/mol. The molecular weight excluding hydrogens is 247 g/mol. The molecule has 17 heavy (non-hydrogen) atoms. The van der Waals surface area contributed by atoms with Crippen LogP contribution in [-0.2, 0) is 11.9 Å². The Morgan fingerprint density at radius 3 is 2.65 bits per heavy atom. The van der Waals surface area contributed by atoms with Gasteiger partial charge < -0.3 is 5.32 Å². The number of rotatable bonds is 0. The summed E-state index contributed by atoms with van der Waals surface area (Å²) in [6.07, 6.45) is -4.26. The maximum absolute atomic E-state index is 12.6. The third kappa shape index (κ3) is 2.89. The highest BCUT2D eigenvalue weighted by molar-refractivity contribution is 7.99. The second kappa shape index (κ2) is 4.12. The summed E-state index contributed by atoms with van der Waals surface area (Å²) in [6.45, 7) is 4.93. The monoisotopic (exact) mass is 261 g/mol. The van der Waals surface area contributed by atoms with Crippen LogP contribution < -0.4 is 5.32 Å². The van der Waals surface area contributed by atoms with E-state index in [1.165, 1.54) is 12.1 Å². The standard InChI is InChI=1S/C12H14F3NS/c1-11(2)7-16-10-4-3-9(12(13,14)15)5-8(10)6-17-11/h3-5,16H,6-7H2,1-2H3. The molecule has 0 fully saturated rings. The van der Waals surface area contributed by atoms with E-state index in [0.29, 0.717) is 5.75 Å². The number of fused-ring (bicyclic) bond motifs is 1. The molecule has 1 nitrogen and oxygen atoms in total. The van der Waals surface area contributed by atoms with Gasteiger partial charge in [-0.25, -0.2) is 0 Å². The van der Waals surface area contributed by atoms with Gasteiger partial charge in [-0.1, -0.05) is 0 Å². The van der Waals surface area contributed by atoms with Gasteiger partial charge in [0.2, 0.25) is 0 Å². The van der Waals surface area contributed by atoms with Crippen molar-refractivity contribution in [3.8, 4) is 0 Å². The highest BCUT2D eigenvalue weighted by atomic mass is 32.2. The van der Waals surface area contributed by atoms with Crippen molar-refractivity contribution in [3.05, 3.63) is 29.3 Å². The molecule has 0 saturated carbocycles. The fourth-order valence-corrected chi connectivity index (χ4v) is 2.65. The molecule has 0 saturated heterocycles. The number of nitrogens with one attached hydrogen (secondary N) is 1. The smallest absolute Gasteiger partial charge is 0.383 e. The van der Waals surface area contributed by atoms with Crippen molar-refractivity contribution in [1.29, 1.82) is 0 Å². The van der Waals surface area contributed by atoms with Gasteiger partial charge in [0.25, 0.3) is 0 Å². The van der Waals surface area contributed by atoms with Crippen molar-refractivity contribution in [2.45, 2.75) is 30.5 Å². The van der Waals surface area contributed by atoms with Crippen LogP contribution in [0.25, 0.3) is 0 Å². The zero-order valence-corrected chi connectivity index (χ0v) is 10.5. The van der Waals surface area contributed by atoms with Crippen LogP contribution in [0.3, 0.4) is 0 Å². The van der Waals surface area contributed by atoms with Gasteiger partial charge in [0, 0.05) is 22.7 Å². The Kier molecular flexibility index (Phi) is 3.06. The highest BCUT2D eigenvalue weighted by Gasteiger charge is 2.32. The predicted molar refractivity (Wildman–Crippen MR) is 65.3 cm³/mol. The van der Waals surface area contributed by atoms with E-state index in [1.807, 2.05) is 0 Å². The molecule has 0 unspecified atom stereocenters. The molecule has 1 aromatic carbocycles. The van der Waals surface area contributed by atoms with Gasteiger partial charge in [-0.3, -0.25) is 0 Å². The van der Waals surface area contributed by atoms with Gasteiger partial charge in [-0.15, -0.1) is 11.8 Å². The SMILES string of the molecule is CC1(C)CNc2ccc(C(F)(F)F)cc2CS1. The first-order chi connectivity index (χ1) is 7.78. The summed E-state index contributed by atoms with van der Waals surface area (Å²) in [4.78, 5) is 0. The van der Waals surface area contributed by atoms with Crippen LogP contribution in [0, 0.1) is 0 Å². The fraction of sp³-hybridized carbons (Fsp3) is 0.500. The van der Waals surface area contributed by atoms with Gasteiger partial charge in [-0.2, -0.15) is 13.2 Å². The molecule has 1 heterocycles. The van der Waals surface area contributed by atoms with Crippen LogP contribution in [0.15, 0.2) is 18.2 Å². The zero-order valence-electron chi connectivity index (χ0n) is 9.69. The summed E-state index contributed by atoms with van der Waals surface area (Å²) in [5.41, 5.74) is 0.977. The second-order valence-electron chi connectivity index (χ2n) is 4.77. The minimum Gasteiger partial charge on any atom is -0.383 e. The number of anilines is 1. The minimum atomic E-state index is -4.26. The van der Waals surface area contributed by atoms with Crippen LogP contribution in [0.2, 0.25) is 0 Å². The molecular formula is C12H14F3NS. The van der Waals surface area contributed by atoms with E-state index >= 15 is 0 Å². The number of hydrogen-bond donors (Lipinski definition) is 1. The van der Waals surface area contributed by atoms with Crippen molar-refractivity contribution in [2.24, 2.45) is 0 Å². The molecule has 2 rings (SSSR count). The fourth-order valence-electron chi connectivity index (χ4n) is 1.69. The predicted octanol–water partition coefficient (Wildman–Crippen LogP) is 4.14. The lowest BCUT2D eigenvalue weighted by Gasteiger charge is -2.21. The Morgan fingerprint density at radius 1 is 1.29 bits per heavy atom. The van der Waals surface area contributed by atoms with E-state index in [-0.39, 0.29) is 4.75 Å². The van der Waals surface area contributed by atoms with Crippen molar-refractivity contribution in [3.63, 3.8) is 0 Å². The van der Waals surface area contributed by atoms with E-state index in [0.717, 1.165) is 23.9 Å². The Hall–Kier alpha value is -0.840. The third-order valence-corrected chi connectivity index (χ3v) is 4.14. The van der Waals surface area contributed by atoms with E-state index in [9.17, 15) is 13.2 Å². The maximum Gasteiger partial charge on any atom is 0.416 e. The summed E-state index contributed by atoms with van der Waals surface area (Å²) >= 11 is 1.67. The van der Waals surface area contributed by atoms with Gasteiger partial charge in [-0.05, 0) is 37.6 Å². The number of benzene rings is 1. The lowest BCUT2D eigenvalue weighted by atomic mass is 10.1. The van der Waals surface area contributed by atoms with E-state index in [2.05, 4.69) is 19.2 Å². The summed E-state index contributed by atoms with van der Waals surface area (Å²) in [5.74, 6) is 0.610. The van der Waals surface area contributed by atoms with Crippen molar-refractivity contribution in [2.75, 3.05) is 11.9 Å². The largest absolute Gasteiger partial charge is 0.416 e. The first kappa shape index (κ1) is 12.6. The first-order valence-corrected chi connectivity index (χ1v) is 6.34. The molecule has 0 radical (unpaired) electrons. The lowest BCUT2D eigenvalue weighted by Crippen LogP contribution is -2.24. The van der Waals surface area contributed by atoms with E-state index in [4.69, 9.17) is 0 Å². The normalized spacial score (nSPS) is 19.1. The van der Waals surface area contributed by atoms with Crippen LogP contribution >= 0.6 is 11.8 Å². The summed E-state index contributed by atoms with van der Waals surface area (Å²) in [6, 6.07) is 3.91. The molecule has 94 valence electrons. The molecule has 1 aromatic rings. The number of thioether (sulfide) groups is 1. The number of hydrogen-bond acceptors (Lipinski definition) is 2. The topological polar surface area (TPSA) is 12.0 Å². The Bertz CT molecular complexity index is 426. The Balaban J connectivity index is 2.32.